The predicted molar refractivity (Wildman–Crippen MR) is 120 cm³/mol. The number of carboxylic acid groups (broad SMARTS) is 1. The summed E-state index contributed by atoms with van der Waals surface area (Å²) in [6.07, 6.45) is -0.351. The Morgan fingerprint density at radius 2 is 1.85 bits per heavy atom. The summed E-state index contributed by atoms with van der Waals surface area (Å²) in [4.78, 5) is 38.0. The Balaban J connectivity index is 1.47. The van der Waals surface area contributed by atoms with Crippen LogP contribution in [0.5, 0.6) is 0 Å². The molecule has 2 N–H and O–H groups in total. The summed E-state index contributed by atoms with van der Waals surface area (Å²) in [6, 6.07) is 12.3. The summed E-state index contributed by atoms with van der Waals surface area (Å²) in [5, 5.41) is 12.0. The van der Waals surface area contributed by atoms with Crippen molar-refractivity contribution in [2.75, 3.05) is 26.8 Å². The number of amides is 2. The lowest BCUT2D eigenvalue weighted by Gasteiger charge is -2.23. The number of carbonyl (C=O) groups is 3. The Labute approximate surface area is 191 Å². The van der Waals surface area contributed by atoms with Gasteiger partial charge in [-0.2, -0.15) is 0 Å². The molecule has 2 aromatic rings. The van der Waals surface area contributed by atoms with Crippen LogP contribution >= 0.6 is 0 Å². The first-order valence-corrected chi connectivity index (χ1v) is 10.8. The third kappa shape index (κ3) is 3.99. The second-order valence-electron chi connectivity index (χ2n) is 9.28. The summed E-state index contributed by atoms with van der Waals surface area (Å²) < 4.78 is 19.7. The van der Waals surface area contributed by atoms with Crippen LogP contribution in [0.3, 0.4) is 0 Å². The fourth-order valence-corrected chi connectivity index (χ4v) is 4.99. The van der Waals surface area contributed by atoms with Gasteiger partial charge in [0.2, 0.25) is 5.91 Å². The van der Waals surface area contributed by atoms with Crippen LogP contribution in [0.2, 0.25) is 0 Å². The molecule has 33 heavy (non-hydrogen) atoms. The first kappa shape index (κ1) is 22.9. The zero-order valence-electron chi connectivity index (χ0n) is 18.9. The number of halogens is 1. The van der Waals surface area contributed by atoms with E-state index in [4.69, 9.17) is 4.74 Å². The standard InChI is InChI=1S/C25H27FN2O5/c1-24(2)18-7-5-4-6-16(18)17-9-8-15(10-19(17)24)22(30)27-12-21(29)28-13-25(26,14-33-3)11-20(28)23(31)32/h4-10,20H,11-14H2,1-3H3,(H,27,30)(H,31,32)/t20-,25+/m0/s1. The summed E-state index contributed by atoms with van der Waals surface area (Å²) in [5.74, 6) is -2.39. The van der Waals surface area contributed by atoms with Crippen LogP contribution in [0.25, 0.3) is 11.1 Å². The Bertz CT molecular complexity index is 1130. The maximum Gasteiger partial charge on any atom is 0.326 e. The molecule has 1 aliphatic carbocycles. The predicted octanol–water partition coefficient (Wildman–Crippen LogP) is 2.76. The number of hydrogen-bond acceptors (Lipinski definition) is 4. The van der Waals surface area contributed by atoms with Gasteiger partial charge in [0.05, 0.1) is 19.7 Å². The Morgan fingerprint density at radius 3 is 2.55 bits per heavy atom. The zero-order valence-corrected chi connectivity index (χ0v) is 18.9. The Kier molecular flexibility index (Phi) is 5.74. The van der Waals surface area contributed by atoms with Crippen LogP contribution in [0, 0.1) is 0 Å². The molecule has 4 rings (SSSR count). The first-order valence-electron chi connectivity index (χ1n) is 10.8. The number of aliphatic carboxylic acids is 1. The molecule has 2 aromatic carbocycles. The van der Waals surface area contributed by atoms with Crippen molar-refractivity contribution >= 4 is 17.8 Å². The number of likely N-dealkylation sites (tertiary alicyclic amines) is 1. The minimum Gasteiger partial charge on any atom is -0.480 e. The van der Waals surface area contributed by atoms with E-state index in [1.807, 2.05) is 24.3 Å². The van der Waals surface area contributed by atoms with Crippen LogP contribution in [0.15, 0.2) is 42.5 Å². The fourth-order valence-electron chi connectivity index (χ4n) is 4.99. The number of methoxy groups -OCH3 is 1. The van der Waals surface area contributed by atoms with Gasteiger partial charge in [-0.3, -0.25) is 9.59 Å². The molecular weight excluding hydrogens is 427 g/mol. The molecule has 0 saturated carbocycles. The van der Waals surface area contributed by atoms with E-state index in [0.717, 1.165) is 21.6 Å². The van der Waals surface area contributed by atoms with Gasteiger partial charge in [-0.05, 0) is 34.4 Å². The maximum absolute atomic E-state index is 14.8. The van der Waals surface area contributed by atoms with Gasteiger partial charge in [-0.1, -0.05) is 44.2 Å². The average Bonchev–Trinajstić information content (AvgIpc) is 3.25. The number of nitrogens with one attached hydrogen (secondary N) is 1. The van der Waals surface area contributed by atoms with Crippen LogP contribution in [-0.2, 0) is 19.7 Å². The smallest absolute Gasteiger partial charge is 0.326 e. The SMILES string of the molecule is COC[C@@]1(F)C[C@@H](C(=O)O)N(C(=O)CNC(=O)c2ccc3c(c2)C(C)(C)c2ccccc2-3)C1. The van der Waals surface area contributed by atoms with Crippen molar-refractivity contribution in [3.8, 4) is 11.1 Å². The highest BCUT2D eigenvalue weighted by molar-refractivity contribution is 5.98. The number of benzene rings is 2. The highest BCUT2D eigenvalue weighted by Gasteiger charge is 2.49. The molecule has 1 heterocycles. The van der Waals surface area contributed by atoms with Gasteiger partial charge in [-0.25, -0.2) is 9.18 Å². The second-order valence-corrected chi connectivity index (χ2v) is 9.28. The molecule has 2 aliphatic rings. The van der Waals surface area contributed by atoms with Crippen LogP contribution in [-0.4, -0.2) is 66.3 Å². The van der Waals surface area contributed by atoms with E-state index in [-0.39, 0.29) is 18.4 Å². The molecule has 1 fully saturated rings. The lowest BCUT2D eigenvalue weighted by molar-refractivity contribution is -0.147. The molecule has 2 atom stereocenters. The van der Waals surface area contributed by atoms with E-state index in [0.29, 0.717) is 5.56 Å². The van der Waals surface area contributed by atoms with Crippen LogP contribution in [0.4, 0.5) is 4.39 Å². The molecule has 1 saturated heterocycles. The molecule has 2 amide bonds. The van der Waals surface area contributed by atoms with Crippen molar-refractivity contribution in [2.24, 2.45) is 0 Å². The van der Waals surface area contributed by atoms with E-state index in [9.17, 15) is 23.9 Å². The van der Waals surface area contributed by atoms with Crippen molar-refractivity contribution in [3.05, 3.63) is 59.2 Å². The molecular formula is C25H27FN2O5. The topological polar surface area (TPSA) is 95.9 Å². The van der Waals surface area contributed by atoms with Gasteiger partial charge in [0.15, 0.2) is 5.67 Å². The average molecular weight is 454 g/mol. The molecule has 0 radical (unpaired) electrons. The van der Waals surface area contributed by atoms with E-state index in [1.165, 1.54) is 12.7 Å². The third-order valence-corrected chi connectivity index (χ3v) is 6.64. The van der Waals surface area contributed by atoms with Crippen molar-refractivity contribution in [2.45, 2.75) is 37.4 Å². The molecule has 0 aromatic heterocycles. The number of ether oxygens (including phenoxy) is 1. The third-order valence-electron chi connectivity index (χ3n) is 6.64. The molecule has 174 valence electrons. The van der Waals surface area contributed by atoms with E-state index < -0.39 is 42.6 Å². The lowest BCUT2D eigenvalue weighted by atomic mass is 9.82. The highest BCUT2D eigenvalue weighted by Crippen LogP contribution is 2.48. The minimum absolute atomic E-state index is 0.270. The van der Waals surface area contributed by atoms with E-state index in [1.54, 1.807) is 6.07 Å². The van der Waals surface area contributed by atoms with Crippen molar-refractivity contribution in [1.82, 2.24) is 10.2 Å². The first-order chi connectivity index (χ1) is 15.6. The van der Waals surface area contributed by atoms with Gasteiger partial charge >= 0.3 is 5.97 Å². The van der Waals surface area contributed by atoms with E-state index >= 15 is 0 Å². The molecule has 0 spiro atoms. The lowest BCUT2D eigenvalue weighted by Crippen LogP contribution is -2.46. The number of alkyl halides is 1. The van der Waals surface area contributed by atoms with Crippen molar-refractivity contribution < 1.29 is 28.6 Å². The zero-order chi connectivity index (χ0) is 24.0. The van der Waals surface area contributed by atoms with Crippen molar-refractivity contribution in [3.63, 3.8) is 0 Å². The molecule has 8 heteroatoms. The van der Waals surface area contributed by atoms with Crippen LogP contribution in [0.1, 0.15) is 41.8 Å². The highest BCUT2D eigenvalue weighted by atomic mass is 19.1. The molecule has 0 unspecified atom stereocenters. The Morgan fingerprint density at radius 1 is 1.15 bits per heavy atom. The number of rotatable bonds is 6. The van der Waals surface area contributed by atoms with Gasteiger partial charge < -0.3 is 20.1 Å². The van der Waals surface area contributed by atoms with E-state index in [2.05, 4.69) is 31.3 Å². The van der Waals surface area contributed by atoms with Crippen molar-refractivity contribution in [1.29, 1.82) is 0 Å². The number of carbonyl (C=O) groups excluding carboxylic acids is 2. The number of nitrogens with zero attached hydrogens (tertiary/aromatic N) is 1. The normalized spacial score (nSPS) is 22.5. The summed E-state index contributed by atoms with van der Waals surface area (Å²) in [7, 11) is 1.32. The number of carboxylic acids is 1. The fraction of sp³-hybridized carbons (Fsp3) is 0.400. The molecule has 0 bridgehead atoms. The number of fused-ring (bicyclic) bond motifs is 3. The summed E-state index contributed by atoms with van der Waals surface area (Å²) in [5.41, 5.74) is 2.62. The number of hydrogen-bond donors (Lipinski definition) is 2. The van der Waals surface area contributed by atoms with Gasteiger partial charge in [0.1, 0.15) is 6.04 Å². The minimum atomic E-state index is -1.93. The monoisotopic (exact) mass is 454 g/mol. The van der Waals surface area contributed by atoms with Gasteiger partial charge in [0.25, 0.3) is 5.91 Å². The summed E-state index contributed by atoms with van der Waals surface area (Å²) in [6.45, 7) is 3.08. The van der Waals surface area contributed by atoms with Gasteiger partial charge in [0, 0.05) is 24.5 Å². The van der Waals surface area contributed by atoms with Gasteiger partial charge in [-0.15, -0.1) is 0 Å². The largest absolute Gasteiger partial charge is 0.480 e. The maximum atomic E-state index is 14.8. The molecule has 1 aliphatic heterocycles. The summed E-state index contributed by atoms with van der Waals surface area (Å²) >= 11 is 0. The quantitative estimate of drug-likeness (QED) is 0.700. The molecule has 7 nitrogen and oxygen atoms in total. The van der Waals surface area contributed by atoms with Crippen LogP contribution < -0.4 is 5.32 Å². The Hall–Kier alpha value is -3.26. The second kappa shape index (κ2) is 8.26.